The van der Waals surface area contributed by atoms with Crippen molar-refractivity contribution in [2.24, 2.45) is 22.9 Å². The Morgan fingerprint density at radius 3 is 2.00 bits per heavy atom. The molecule has 1 fully saturated rings. The van der Waals surface area contributed by atoms with E-state index in [4.69, 9.17) is 22.9 Å². The minimum atomic E-state index is -1.79. The first kappa shape index (κ1) is 53.9. The summed E-state index contributed by atoms with van der Waals surface area (Å²) in [6, 6.07) is -11.5. The van der Waals surface area contributed by atoms with Crippen LogP contribution in [0.5, 0.6) is 0 Å². The predicted octanol–water partition coefficient (Wildman–Crippen LogP) is -6.58. The highest BCUT2D eigenvalue weighted by Gasteiger charge is 2.36. The highest BCUT2D eigenvalue weighted by molar-refractivity contribution is 7.99. The molecule has 1 rings (SSSR count). The summed E-state index contributed by atoms with van der Waals surface area (Å²) in [5.74, 6) is -8.98. The van der Waals surface area contributed by atoms with E-state index in [9.17, 15) is 58.2 Å². The van der Waals surface area contributed by atoms with Gasteiger partial charge < -0.3 is 75.7 Å². The molecule has 10 atom stereocenters. The molecule has 0 aromatic rings. The normalized spacial score (nSPS) is 25.6. The van der Waals surface area contributed by atoms with E-state index in [0.717, 1.165) is 18.7 Å². The molecule has 346 valence electrons. The number of primary amides is 2. The molecule has 0 aromatic carbocycles. The molecule has 0 aromatic heterocycles. The number of aliphatic hydroxyl groups excluding tert-OH is 2. The number of thioether (sulfide) groups is 1. The number of aliphatic hydroxyl groups is 2. The highest BCUT2D eigenvalue weighted by atomic mass is 32.2. The van der Waals surface area contributed by atoms with Crippen LogP contribution in [-0.2, 0) is 47.9 Å². The monoisotopic (exact) mass is 888 g/mol. The molecule has 0 spiro atoms. The summed E-state index contributed by atoms with van der Waals surface area (Å²) in [6.45, 7) is 5.33. The topological polar surface area (TPSA) is 411 Å². The van der Waals surface area contributed by atoms with Gasteiger partial charge in [-0.3, -0.25) is 47.9 Å². The van der Waals surface area contributed by atoms with Crippen molar-refractivity contribution in [2.45, 2.75) is 140 Å². The van der Waals surface area contributed by atoms with E-state index in [1.807, 2.05) is 0 Å². The second-order valence-electron chi connectivity index (χ2n) is 14.7. The van der Waals surface area contributed by atoms with Gasteiger partial charge in [-0.15, -0.1) is 0 Å². The number of carbonyl (C=O) groups is 10. The van der Waals surface area contributed by atoms with Gasteiger partial charge in [0.2, 0.25) is 59.1 Å². The van der Waals surface area contributed by atoms with Crippen molar-refractivity contribution >= 4 is 70.8 Å². The standard InChI is InChI=1S/C36H64N12O12S/c1-17(29(40)53)42-34(58)24-16-61-14-11-26(52)41-13-8-6-10-22(44-31(55)21(38)9-5-7-12-37)32(56)45-23(15-25(39)51)33(57)48-27(19(3)49)35(59)43-18(2)30(54)47-28(20(4)50)36(60)46-24/h17-24,27-28,49-50H,5-16,37-38H2,1-4H3,(H2,39,51)(H2,40,53)(H,41,52)(H,42,58)(H,43,59)(H,44,55)(H,45,56)(H,46,60)(H,47,54)(H,48,57)/t17-,18-,19+,20+,21-,22-,23-,24-,27-,28-/m0/s1. The van der Waals surface area contributed by atoms with Crippen LogP contribution in [0, 0.1) is 0 Å². The van der Waals surface area contributed by atoms with Crippen molar-refractivity contribution in [2.75, 3.05) is 24.6 Å². The summed E-state index contributed by atoms with van der Waals surface area (Å²) in [6.07, 6.45) is -2.02. The second kappa shape index (κ2) is 27.7. The maximum atomic E-state index is 13.6. The molecule has 1 saturated heterocycles. The molecule has 18 N–H and O–H groups in total. The van der Waals surface area contributed by atoms with Crippen molar-refractivity contribution in [3.8, 4) is 0 Å². The lowest BCUT2D eigenvalue weighted by Gasteiger charge is -2.28. The van der Waals surface area contributed by atoms with Crippen molar-refractivity contribution in [1.29, 1.82) is 0 Å². The van der Waals surface area contributed by atoms with Crippen LogP contribution in [-0.4, -0.2) is 154 Å². The van der Waals surface area contributed by atoms with Gasteiger partial charge in [-0.25, -0.2) is 0 Å². The highest BCUT2D eigenvalue weighted by Crippen LogP contribution is 2.10. The average Bonchev–Trinajstić information content (AvgIpc) is 3.17. The van der Waals surface area contributed by atoms with Crippen molar-refractivity contribution in [1.82, 2.24) is 42.5 Å². The van der Waals surface area contributed by atoms with Gasteiger partial charge in [0.15, 0.2) is 0 Å². The smallest absolute Gasteiger partial charge is 0.245 e. The molecule has 1 aliphatic heterocycles. The van der Waals surface area contributed by atoms with Crippen molar-refractivity contribution in [3.63, 3.8) is 0 Å². The number of nitrogens with two attached hydrogens (primary N) is 4. The van der Waals surface area contributed by atoms with Gasteiger partial charge in [0.1, 0.15) is 42.3 Å². The van der Waals surface area contributed by atoms with Crippen LogP contribution in [0.4, 0.5) is 0 Å². The van der Waals surface area contributed by atoms with E-state index in [0.29, 0.717) is 25.8 Å². The van der Waals surface area contributed by atoms with E-state index >= 15 is 0 Å². The van der Waals surface area contributed by atoms with Crippen LogP contribution in [0.25, 0.3) is 0 Å². The predicted molar refractivity (Wildman–Crippen MR) is 221 cm³/mol. The molecule has 1 aliphatic rings. The summed E-state index contributed by atoms with van der Waals surface area (Å²) in [5, 5.41) is 40.1. The van der Waals surface area contributed by atoms with E-state index in [2.05, 4.69) is 42.5 Å². The molecule has 0 bridgehead atoms. The summed E-state index contributed by atoms with van der Waals surface area (Å²) in [7, 11) is 0. The van der Waals surface area contributed by atoms with Crippen LogP contribution < -0.4 is 65.5 Å². The number of amides is 10. The Balaban J connectivity index is 3.51. The van der Waals surface area contributed by atoms with Gasteiger partial charge in [0.05, 0.1) is 24.7 Å². The van der Waals surface area contributed by atoms with Crippen molar-refractivity contribution < 1.29 is 58.2 Å². The van der Waals surface area contributed by atoms with E-state index in [1.165, 1.54) is 20.8 Å². The lowest BCUT2D eigenvalue weighted by molar-refractivity contribution is -0.138. The summed E-state index contributed by atoms with van der Waals surface area (Å²) in [4.78, 5) is 130. The number of hydrogen-bond acceptors (Lipinski definition) is 15. The Labute approximate surface area is 358 Å². The zero-order valence-corrected chi connectivity index (χ0v) is 35.8. The maximum absolute atomic E-state index is 13.6. The first-order valence-corrected chi connectivity index (χ1v) is 21.1. The van der Waals surface area contributed by atoms with Crippen LogP contribution >= 0.6 is 11.8 Å². The number of hydrogen-bond donors (Lipinski definition) is 14. The van der Waals surface area contributed by atoms with Gasteiger partial charge in [-0.1, -0.05) is 6.42 Å². The zero-order chi connectivity index (χ0) is 46.4. The Hall–Kier alpha value is -5.11. The van der Waals surface area contributed by atoms with Gasteiger partial charge in [-0.2, -0.15) is 11.8 Å². The fourth-order valence-electron chi connectivity index (χ4n) is 5.57. The first-order chi connectivity index (χ1) is 28.6. The minimum Gasteiger partial charge on any atom is -0.391 e. The van der Waals surface area contributed by atoms with Gasteiger partial charge in [-0.05, 0) is 66.3 Å². The molecule has 0 saturated carbocycles. The molecule has 10 amide bonds. The van der Waals surface area contributed by atoms with Gasteiger partial charge in [0, 0.05) is 24.5 Å². The number of unbranched alkanes of at least 4 members (excludes halogenated alkanes) is 1. The average molecular weight is 889 g/mol. The largest absolute Gasteiger partial charge is 0.391 e. The van der Waals surface area contributed by atoms with E-state index < -0.39 is 120 Å². The Morgan fingerprint density at radius 2 is 1.43 bits per heavy atom. The Morgan fingerprint density at radius 1 is 0.820 bits per heavy atom. The fraction of sp³-hybridized carbons (Fsp3) is 0.722. The first-order valence-electron chi connectivity index (χ1n) is 20.0. The third-order valence-electron chi connectivity index (χ3n) is 9.27. The summed E-state index contributed by atoms with van der Waals surface area (Å²) in [5.41, 5.74) is 22.2. The van der Waals surface area contributed by atoms with Gasteiger partial charge in [0.25, 0.3) is 0 Å². The van der Waals surface area contributed by atoms with E-state index in [-0.39, 0.29) is 49.6 Å². The SMILES string of the molecule is C[C@H](NC(=O)[C@@H]1CSCCC(=O)NCCCC[C@H](NC(=O)[C@@H](N)CCCCN)C(=O)N[C@@H](CC(N)=O)C(=O)N[C@@H]([C@@H](C)O)C(=O)N[C@@H](C)C(=O)N[C@@H]([C@@H](C)O)C(=O)N1)C(N)=O. The Kier molecular flexibility index (Phi) is 24.5. The quantitative estimate of drug-likeness (QED) is 0.0765. The molecule has 61 heavy (non-hydrogen) atoms. The summed E-state index contributed by atoms with van der Waals surface area (Å²) >= 11 is 1.09. The molecule has 0 aliphatic carbocycles. The molecule has 24 nitrogen and oxygen atoms in total. The number of nitrogens with one attached hydrogen (secondary N) is 8. The third kappa shape index (κ3) is 20.3. The molecule has 0 radical (unpaired) electrons. The lowest BCUT2D eigenvalue weighted by atomic mass is 10.0. The van der Waals surface area contributed by atoms with E-state index in [1.54, 1.807) is 0 Å². The lowest BCUT2D eigenvalue weighted by Crippen LogP contribution is -2.62. The number of rotatable bonds is 13. The minimum absolute atomic E-state index is 0.0121. The number of carbonyl (C=O) groups excluding carboxylic acids is 10. The molecule has 0 unspecified atom stereocenters. The Bertz CT molecular complexity index is 1550. The van der Waals surface area contributed by atoms with Crippen LogP contribution in [0.2, 0.25) is 0 Å². The maximum Gasteiger partial charge on any atom is 0.245 e. The molecular formula is C36H64N12O12S. The molecular weight excluding hydrogens is 825 g/mol. The summed E-state index contributed by atoms with van der Waals surface area (Å²) < 4.78 is 0. The van der Waals surface area contributed by atoms with Crippen LogP contribution in [0.1, 0.15) is 79.1 Å². The van der Waals surface area contributed by atoms with Crippen LogP contribution in [0.3, 0.4) is 0 Å². The zero-order valence-electron chi connectivity index (χ0n) is 35.0. The van der Waals surface area contributed by atoms with Crippen LogP contribution in [0.15, 0.2) is 0 Å². The molecule has 1 heterocycles. The molecule has 25 heteroatoms. The van der Waals surface area contributed by atoms with Gasteiger partial charge >= 0.3 is 0 Å². The fourth-order valence-corrected chi connectivity index (χ4v) is 6.53. The third-order valence-corrected chi connectivity index (χ3v) is 10.3. The van der Waals surface area contributed by atoms with Crippen molar-refractivity contribution in [3.05, 3.63) is 0 Å². The second-order valence-corrected chi connectivity index (χ2v) is 15.9.